The number of nitrogens with two attached hydrogens (primary N) is 1. The summed E-state index contributed by atoms with van der Waals surface area (Å²) in [6.45, 7) is 1.98. The van der Waals surface area contributed by atoms with Gasteiger partial charge in [-0.25, -0.2) is 24.6 Å². The number of halogens is 3. The van der Waals surface area contributed by atoms with Gasteiger partial charge < -0.3 is 10.7 Å². The molecule has 1 aromatic heterocycles. The van der Waals surface area contributed by atoms with Gasteiger partial charge in [-0.05, 0) is 28.4 Å². The third-order valence-electron chi connectivity index (χ3n) is 2.85. The van der Waals surface area contributed by atoms with Gasteiger partial charge in [-0.15, -0.1) is 0 Å². The van der Waals surface area contributed by atoms with Crippen LogP contribution in [0.5, 0.6) is 0 Å². The molecule has 0 bridgehead atoms. The van der Waals surface area contributed by atoms with Crippen LogP contribution in [0.2, 0.25) is 0 Å². The van der Waals surface area contributed by atoms with E-state index in [2.05, 4.69) is 36.6 Å². The highest BCUT2D eigenvalue weighted by molar-refractivity contribution is 9.10. The SMILES string of the molecule is CCCc1c(NN)ncnc1Nc1cc(F)c(Br)cc1F. The van der Waals surface area contributed by atoms with Crippen molar-refractivity contribution in [3.8, 4) is 0 Å². The van der Waals surface area contributed by atoms with Crippen LogP contribution in [0.4, 0.5) is 26.1 Å². The smallest absolute Gasteiger partial charge is 0.148 e. The molecular formula is C13H14BrF2N5. The Morgan fingerprint density at radius 2 is 1.90 bits per heavy atom. The number of hydrazine groups is 1. The van der Waals surface area contributed by atoms with E-state index >= 15 is 0 Å². The van der Waals surface area contributed by atoms with Crippen LogP contribution >= 0.6 is 15.9 Å². The van der Waals surface area contributed by atoms with Crippen LogP contribution in [0, 0.1) is 11.6 Å². The molecule has 0 unspecified atom stereocenters. The van der Waals surface area contributed by atoms with Crippen molar-refractivity contribution in [3.05, 3.63) is 40.1 Å². The van der Waals surface area contributed by atoms with Crippen LogP contribution in [-0.4, -0.2) is 9.97 Å². The monoisotopic (exact) mass is 357 g/mol. The maximum atomic E-state index is 13.9. The topological polar surface area (TPSA) is 75.9 Å². The van der Waals surface area contributed by atoms with E-state index in [1.807, 2.05) is 6.92 Å². The highest BCUT2D eigenvalue weighted by atomic mass is 79.9. The minimum atomic E-state index is -0.591. The number of rotatable bonds is 5. The average molecular weight is 358 g/mol. The van der Waals surface area contributed by atoms with E-state index in [1.54, 1.807) is 0 Å². The van der Waals surface area contributed by atoms with Crippen LogP contribution in [0.1, 0.15) is 18.9 Å². The molecule has 2 aromatic rings. The molecule has 1 aromatic carbocycles. The fraction of sp³-hybridized carbons (Fsp3) is 0.231. The third kappa shape index (κ3) is 3.45. The second-order valence-electron chi connectivity index (χ2n) is 4.31. The van der Waals surface area contributed by atoms with Crippen molar-refractivity contribution in [2.24, 2.45) is 5.84 Å². The Bertz CT molecular complexity index is 651. The molecule has 1 heterocycles. The molecule has 21 heavy (non-hydrogen) atoms. The number of aromatic nitrogens is 2. The van der Waals surface area contributed by atoms with Gasteiger partial charge in [-0.3, -0.25) is 0 Å². The first-order chi connectivity index (χ1) is 10.1. The van der Waals surface area contributed by atoms with Crippen LogP contribution < -0.4 is 16.6 Å². The van der Waals surface area contributed by atoms with Crippen molar-refractivity contribution in [2.45, 2.75) is 19.8 Å². The summed E-state index contributed by atoms with van der Waals surface area (Å²) in [5, 5.41) is 2.79. The van der Waals surface area contributed by atoms with Gasteiger partial charge in [0, 0.05) is 11.6 Å². The maximum absolute atomic E-state index is 13.9. The van der Waals surface area contributed by atoms with Crippen molar-refractivity contribution < 1.29 is 8.78 Å². The summed E-state index contributed by atoms with van der Waals surface area (Å²) >= 11 is 2.93. The number of hydrogen-bond donors (Lipinski definition) is 3. The summed E-state index contributed by atoms with van der Waals surface area (Å²) in [7, 11) is 0. The van der Waals surface area contributed by atoms with Crippen LogP contribution in [0.25, 0.3) is 0 Å². The third-order valence-corrected chi connectivity index (χ3v) is 3.45. The van der Waals surface area contributed by atoms with Gasteiger partial charge in [0.15, 0.2) is 0 Å². The first-order valence-corrected chi connectivity index (χ1v) is 7.08. The van der Waals surface area contributed by atoms with E-state index in [-0.39, 0.29) is 10.2 Å². The van der Waals surface area contributed by atoms with Gasteiger partial charge in [0.25, 0.3) is 0 Å². The highest BCUT2D eigenvalue weighted by Gasteiger charge is 2.14. The number of hydrogen-bond acceptors (Lipinski definition) is 5. The molecule has 0 saturated heterocycles. The van der Waals surface area contributed by atoms with Gasteiger partial charge >= 0.3 is 0 Å². The summed E-state index contributed by atoms with van der Waals surface area (Å²) in [5.41, 5.74) is 3.18. The van der Waals surface area contributed by atoms with Gasteiger partial charge in [-0.2, -0.15) is 0 Å². The summed E-state index contributed by atoms with van der Waals surface area (Å²) in [6, 6.07) is 2.12. The van der Waals surface area contributed by atoms with Crippen molar-refractivity contribution in [3.63, 3.8) is 0 Å². The molecule has 0 spiro atoms. The van der Waals surface area contributed by atoms with E-state index in [9.17, 15) is 8.78 Å². The van der Waals surface area contributed by atoms with Crippen molar-refractivity contribution in [1.82, 2.24) is 9.97 Å². The quantitative estimate of drug-likeness (QED) is 0.433. The zero-order chi connectivity index (χ0) is 15.4. The average Bonchev–Trinajstić information content (AvgIpc) is 2.46. The number of nitrogens with one attached hydrogen (secondary N) is 2. The van der Waals surface area contributed by atoms with Crippen LogP contribution in [0.15, 0.2) is 22.9 Å². The Labute approximate surface area is 129 Å². The minimum absolute atomic E-state index is 0.00488. The lowest BCUT2D eigenvalue weighted by Crippen LogP contribution is -2.13. The Morgan fingerprint density at radius 3 is 2.57 bits per heavy atom. The molecule has 0 aliphatic carbocycles. The zero-order valence-corrected chi connectivity index (χ0v) is 12.8. The van der Waals surface area contributed by atoms with Gasteiger partial charge in [0.1, 0.15) is 29.6 Å². The van der Waals surface area contributed by atoms with E-state index < -0.39 is 11.6 Å². The predicted octanol–water partition coefficient (Wildman–Crippen LogP) is 3.50. The van der Waals surface area contributed by atoms with Crippen molar-refractivity contribution >= 4 is 33.3 Å². The second kappa shape index (κ2) is 6.77. The molecule has 0 atom stereocenters. The van der Waals surface area contributed by atoms with Gasteiger partial charge in [0.05, 0.1) is 10.2 Å². The van der Waals surface area contributed by atoms with E-state index in [0.717, 1.165) is 18.6 Å². The molecule has 5 nitrogen and oxygen atoms in total. The molecule has 0 fully saturated rings. The van der Waals surface area contributed by atoms with Gasteiger partial charge in [0.2, 0.25) is 0 Å². The van der Waals surface area contributed by atoms with Crippen molar-refractivity contribution in [2.75, 3.05) is 10.7 Å². The lowest BCUT2D eigenvalue weighted by atomic mass is 10.1. The normalized spacial score (nSPS) is 10.5. The molecular weight excluding hydrogens is 344 g/mol. The summed E-state index contributed by atoms with van der Waals surface area (Å²) < 4.78 is 27.5. The maximum Gasteiger partial charge on any atom is 0.148 e. The summed E-state index contributed by atoms with van der Waals surface area (Å²) in [4.78, 5) is 8.09. The molecule has 0 amide bonds. The minimum Gasteiger partial charge on any atom is -0.337 e. The van der Waals surface area contributed by atoms with Gasteiger partial charge in [-0.1, -0.05) is 13.3 Å². The predicted molar refractivity (Wildman–Crippen MR) is 81.2 cm³/mol. The Hall–Kier alpha value is -1.80. The second-order valence-corrected chi connectivity index (χ2v) is 5.17. The van der Waals surface area contributed by atoms with Crippen LogP contribution in [-0.2, 0) is 6.42 Å². The Kier molecular flexibility index (Phi) is 5.03. The van der Waals surface area contributed by atoms with Crippen LogP contribution in [0.3, 0.4) is 0 Å². The molecule has 0 aliphatic heterocycles. The molecule has 4 N–H and O–H groups in total. The standard InChI is InChI=1S/C13H14BrF2N5/c1-2-3-7-12(18-6-19-13(7)21-17)20-11-5-9(15)8(14)4-10(11)16/h4-6H,2-3,17H2,1H3,(H2,18,19,20,21). The Balaban J connectivity index is 2.42. The van der Waals surface area contributed by atoms with E-state index in [4.69, 9.17) is 5.84 Å². The molecule has 0 saturated carbocycles. The lowest BCUT2D eigenvalue weighted by molar-refractivity contribution is 0.597. The number of nitrogen functional groups attached to an aromatic ring is 1. The first-order valence-electron chi connectivity index (χ1n) is 6.28. The molecule has 0 radical (unpaired) electrons. The summed E-state index contributed by atoms with van der Waals surface area (Å²) in [5.74, 6) is 5.09. The molecule has 112 valence electrons. The fourth-order valence-corrected chi connectivity index (χ4v) is 2.19. The van der Waals surface area contributed by atoms with E-state index in [0.29, 0.717) is 23.6 Å². The molecule has 0 aliphatic rings. The first kappa shape index (κ1) is 15.6. The van der Waals surface area contributed by atoms with Crippen molar-refractivity contribution in [1.29, 1.82) is 0 Å². The molecule has 8 heteroatoms. The lowest BCUT2D eigenvalue weighted by Gasteiger charge is -2.14. The fourth-order valence-electron chi connectivity index (χ4n) is 1.88. The summed E-state index contributed by atoms with van der Waals surface area (Å²) in [6.07, 6.45) is 2.76. The molecule has 2 rings (SSSR count). The Morgan fingerprint density at radius 1 is 1.19 bits per heavy atom. The number of nitrogens with zero attached hydrogens (tertiary/aromatic N) is 2. The largest absolute Gasteiger partial charge is 0.337 e. The number of anilines is 3. The van der Waals surface area contributed by atoms with E-state index in [1.165, 1.54) is 6.33 Å². The highest BCUT2D eigenvalue weighted by Crippen LogP contribution is 2.28. The zero-order valence-electron chi connectivity index (χ0n) is 11.3. The number of benzene rings is 1.